The number of hydrogen-bond acceptors (Lipinski definition) is 3. The molecule has 104 valence electrons. The quantitative estimate of drug-likeness (QED) is 0.824. The van der Waals surface area contributed by atoms with E-state index in [4.69, 9.17) is 10.5 Å². The van der Waals surface area contributed by atoms with Gasteiger partial charge in [-0.3, -0.25) is 4.79 Å². The van der Waals surface area contributed by atoms with Crippen molar-refractivity contribution in [1.29, 1.82) is 0 Å². The molecule has 2 rings (SSSR count). The van der Waals surface area contributed by atoms with Crippen molar-refractivity contribution in [2.24, 2.45) is 5.73 Å². The average Bonchev–Trinajstić information content (AvgIpc) is 3.14. The van der Waals surface area contributed by atoms with E-state index in [1.165, 1.54) is 0 Å². The van der Waals surface area contributed by atoms with Gasteiger partial charge in [0.15, 0.2) is 0 Å². The second-order valence-corrected chi connectivity index (χ2v) is 5.25. The predicted octanol–water partition coefficient (Wildman–Crippen LogP) is 2.06. The molecule has 4 heteroatoms. The Hall–Kier alpha value is -1.55. The van der Waals surface area contributed by atoms with Crippen molar-refractivity contribution in [2.75, 3.05) is 6.61 Å². The number of carbonyl (C=O) groups excluding carboxylic acids is 1. The first-order valence-electron chi connectivity index (χ1n) is 6.84. The van der Waals surface area contributed by atoms with E-state index in [0.29, 0.717) is 19.1 Å². The molecule has 4 nitrogen and oxygen atoms in total. The molecule has 0 aromatic heterocycles. The first-order chi connectivity index (χ1) is 9.06. The lowest BCUT2D eigenvalue weighted by Gasteiger charge is -2.12. The molecular weight excluding hydrogens is 240 g/mol. The Balaban J connectivity index is 1.80. The molecule has 0 spiro atoms. The number of ether oxygens (including phenoxy) is 1. The van der Waals surface area contributed by atoms with Crippen molar-refractivity contribution >= 4 is 5.91 Å². The Morgan fingerprint density at radius 2 is 2.26 bits per heavy atom. The van der Waals surface area contributed by atoms with Gasteiger partial charge in [0.1, 0.15) is 5.75 Å². The maximum Gasteiger partial charge on any atom is 0.223 e. The van der Waals surface area contributed by atoms with Crippen LogP contribution in [0.3, 0.4) is 0 Å². The lowest BCUT2D eigenvalue weighted by atomic mass is 10.1. The highest BCUT2D eigenvalue weighted by molar-refractivity contribution is 5.76. The van der Waals surface area contributed by atoms with Crippen LogP contribution in [0, 0.1) is 6.92 Å². The van der Waals surface area contributed by atoms with Crippen LogP contribution in [0.5, 0.6) is 5.75 Å². The van der Waals surface area contributed by atoms with E-state index in [0.717, 1.165) is 29.7 Å². The molecule has 0 heterocycles. The first-order valence-corrected chi connectivity index (χ1v) is 6.84. The summed E-state index contributed by atoms with van der Waals surface area (Å²) in [6, 6.07) is 6.37. The zero-order valence-corrected chi connectivity index (χ0v) is 11.6. The average molecular weight is 262 g/mol. The van der Waals surface area contributed by atoms with Gasteiger partial charge in [-0.05, 0) is 43.9 Å². The number of rotatable bonds is 6. The van der Waals surface area contributed by atoms with E-state index in [1.54, 1.807) is 0 Å². The zero-order valence-electron chi connectivity index (χ0n) is 11.6. The van der Waals surface area contributed by atoms with Crippen LogP contribution in [-0.2, 0) is 4.79 Å². The Morgan fingerprint density at radius 1 is 1.53 bits per heavy atom. The summed E-state index contributed by atoms with van der Waals surface area (Å²) in [6.07, 6.45) is 2.64. The van der Waals surface area contributed by atoms with Crippen LogP contribution >= 0.6 is 0 Å². The minimum atomic E-state index is 0.0251. The SMILES string of the molecule is Cc1cc(C(C)N)ccc1OCCC(=O)NC1CC1. The number of hydrogen-bond donors (Lipinski definition) is 2. The van der Waals surface area contributed by atoms with Crippen molar-refractivity contribution in [3.8, 4) is 5.75 Å². The summed E-state index contributed by atoms with van der Waals surface area (Å²) < 4.78 is 5.64. The maximum absolute atomic E-state index is 11.5. The van der Waals surface area contributed by atoms with Crippen LogP contribution in [0.2, 0.25) is 0 Å². The lowest BCUT2D eigenvalue weighted by molar-refractivity contribution is -0.121. The monoisotopic (exact) mass is 262 g/mol. The largest absolute Gasteiger partial charge is 0.493 e. The number of aryl methyl sites for hydroxylation is 1. The molecule has 19 heavy (non-hydrogen) atoms. The van der Waals surface area contributed by atoms with E-state index in [1.807, 2.05) is 32.0 Å². The summed E-state index contributed by atoms with van der Waals surface area (Å²) >= 11 is 0. The number of benzene rings is 1. The van der Waals surface area contributed by atoms with Gasteiger partial charge in [-0.2, -0.15) is 0 Å². The zero-order chi connectivity index (χ0) is 13.8. The molecule has 1 aliphatic carbocycles. The smallest absolute Gasteiger partial charge is 0.223 e. The molecule has 3 N–H and O–H groups in total. The maximum atomic E-state index is 11.5. The summed E-state index contributed by atoms with van der Waals surface area (Å²) in [4.78, 5) is 11.5. The normalized spacial score (nSPS) is 15.9. The van der Waals surface area contributed by atoms with Crippen LogP contribution in [0.25, 0.3) is 0 Å². The van der Waals surface area contributed by atoms with Crippen LogP contribution in [0.1, 0.15) is 43.4 Å². The Bertz CT molecular complexity index is 453. The van der Waals surface area contributed by atoms with Crippen LogP contribution in [-0.4, -0.2) is 18.6 Å². The van der Waals surface area contributed by atoms with Crippen molar-refractivity contribution in [2.45, 2.75) is 45.2 Å². The van der Waals surface area contributed by atoms with Crippen molar-refractivity contribution in [1.82, 2.24) is 5.32 Å². The fourth-order valence-corrected chi connectivity index (χ4v) is 1.90. The molecule has 1 fully saturated rings. The van der Waals surface area contributed by atoms with Gasteiger partial charge in [-0.1, -0.05) is 12.1 Å². The van der Waals surface area contributed by atoms with Gasteiger partial charge in [-0.25, -0.2) is 0 Å². The van der Waals surface area contributed by atoms with Crippen LogP contribution < -0.4 is 15.8 Å². The Morgan fingerprint density at radius 3 is 2.84 bits per heavy atom. The van der Waals surface area contributed by atoms with E-state index < -0.39 is 0 Å². The molecule has 0 saturated heterocycles. The van der Waals surface area contributed by atoms with Gasteiger partial charge in [0.05, 0.1) is 13.0 Å². The fraction of sp³-hybridized carbons (Fsp3) is 0.533. The van der Waals surface area contributed by atoms with Gasteiger partial charge in [0.2, 0.25) is 5.91 Å². The van der Waals surface area contributed by atoms with E-state index >= 15 is 0 Å². The fourth-order valence-electron chi connectivity index (χ4n) is 1.90. The lowest BCUT2D eigenvalue weighted by Crippen LogP contribution is -2.26. The van der Waals surface area contributed by atoms with E-state index in [2.05, 4.69) is 5.32 Å². The first kappa shape index (κ1) is 13.9. The highest BCUT2D eigenvalue weighted by atomic mass is 16.5. The molecule has 1 aromatic carbocycles. The minimum absolute atomic E-state index is 0.0251. The molecular formula is C15H22N2O2. The number of carbonyl (C=O) groups is 1. The summed E-state index contributed by atoms with van der Waals surface area (Å²) in [5.74, 6) is 0.899. The number of amides is 1. The molecule has 0 aliphatic heterocycles. The van der Waals surface area contributed by atoms with Gasteiger partial charge in [0.25, 0.3) is 0 Å². The molecule has 1 atom stereocenters. The molecule has 1 aromatic rings. The van der Waals surface area contributed by atoms with Gasteiger partial charge in [0, 0.05) is 12.1 Å². The van der Waals surface area contributed by atoms with E-state index in [9.17, 15) is 4.79 Å². The van der Waals surface area contributed by atoms with Crippen molar-refractivity contribution < 1.29 is 9.53 Å². The highest BCUT2D eigenvalue weighted by Gasteiger charge is 2.22. The minimum Gasteiger partial charge on any atom is -0.493 e. The molecule has 0 radical (unpaired) electrons. The topological polar surface area (TPSA) is 64.3 Å². The third-order valence-corrected chi connectivity index (χ3v) is 3.25. The second-order valence-electron chi connectivity index (χ2n) is 5.25. The second kappa shape index (κ2) is 6.06. The molecule has 1 amide bonds. The van der Waals surface area contributed by atoms with Gasteiger partial charge in [-0.15, -0.1) is 0 Å². The Labute approximate surface area is 114 Å². The third-order valence-electron chi connectivity index (χ3n) is 3.25. The summed E-state index contributed by atoms with van der Waals surface area (Å²) in [5, 5.41) is 2.94. The van der Waals surface area contributed by atoms with Crippen molar-refractivity contribution in [3.05, 3.63) is 29.3 Å². The molecule has 1 unspecified atom stereocenters. The number of nitrogens with two attached hydrogens (primary N) is 1. The molecule has 1 aliphatic rings. The van der Waals surface area contributed by atoms with E-state index in [-0.39, 0.29) is 11.9 Å². The molecule has 1 saturated carbocycles. The van der Waals surface area contributed by atoms with Gasteiger partial charge >= 0.3 is 0 Å². The molecule has 0 bridgehead atoms. The number of nitrogens with one attached hydrogen (secondary N) is 1. The Kier molecular flexibility index (Phi) is 4.43. The van der Waals surface area contributed by atoms with Crippen molar-refractivity contribution in [3.63, 3.8) is 0 Å². The predicted molar refractivity (Wildman–Crippen MR) is 75.1 cm³/mol. The summed E-state index contributed by atoms with van der Waals surface area (Å²) in [7, 11) is 0. The van der Waals surface area contributed by atoms with Gasteiger partial charge < -0.3 is 15.8 Å². The van der Waals surface area contributed by atoms with Crippen LogP contribution in [0.4, 0.5) is 0 Å². The highest BCUT2D eigenvalue weighted by Crippen LogP contribution is 2.22. The summed E-state index contributed by atoms with van der Waals surface area (Å²) in [6.45, 7) is 4.36. The summed E-state index contributed by atoms with van der Waals surface area (Å²) in [5.41, 5.74) is 7.98. The standard InChI is InChI=1S/C15H22N2O2/c1-10-9-12(11(2)16)3-6-14(10)19-8-7-15(18)17-13-4-5-13/h3,6,9,11,13H,4-5,7-8,16H2,1-2H3,(H,17,18). The van der Waals surface area contributed by atoms with Crippen LogP contribution in [0.15, 0.2) is 18.2 Å². The third kappa shape index (κ3) is 4.24.